The monoisotopic (exact) mass is 565 g/mol. The quantitative estimate of drug-likeness (QED) is 0.205. The second-order valence-electron chi connectivity index (χ2n) is 8.65. The summed E-state index contributed by atoms with van der Waals surface area (Å²) >= 11 is 5.94. The van der Waals surface area contributed by atoms with Crippen LogP contribution in [0, 0.1) is 0 Å². The Morgan fingerprint density at radius 2 is 1.70 bits per heavy atom. The lowest BCUT2D eigenvalue weighted by atomic mass is 10.0. The maximum atomic E-state index is 13.8. The first-order chi connectivity index (χ1) is 19.0. The van der Waals surface area contributed by atoms with E-state index in [0.717, 1.165) is 17.8 Å². The number of aromatic carboxylic acids is 1. The average Bonchev–Trinajstić information content (AvgIpc) is 3.27. The normalized spacial score (nSPS) is 13.2. The van der Waals surface area contributed by atoms with Crippen molar-refractivity contribution in [2.24, 2.45) is 0 Å². The Hall–Kier alpha value is -4.87. The number of aromatic nitrogens is 1. The maximum absolute atomic E-state index is 13.8. The highest BCUT2D eigenvalue weighted by Crippen LogP contribution is 2.44. The summed E-state index contributed by atoms with van der Waals surface area (Å²) in [6, 6.07) is 17.5. The number of rotatable bonds is 7. The predicted molar refractivity (Wildman–Crippen MR) is 141 cm³/mol. The molecule has 0 saturated carbocycles. The molecule has 3 aromatic carbocycles. The molecule has 0 aliphatic carbocycles. The van der Waals surface area contributed by atoms with E-state index in [4.69, 9.17) is 11.6 Å². The van der Waals surface area contributed by atoms with E-state index in [9.17, 15) is 28.3 Å². The Bertz CT molecular complexity index is 1650. The van der Waals surface area contributed by atoms with Gasteiger partial charge in [-0.25, -0.2) is 4.79 Å². The summed E-state index contributed by atoms with van der Waals surface area (Å²) in [4.78, 5) is 52.5. The minimum atomic E-state index is -3.74. The van der Waals surface area contributed by atoms with Gasteiger partial charge in [0.05, 0.1) is 28.7 Å². The number of benzene rings is 3. The van der Waals surface area contributed by atoms with Crippen molar-refractivity contribution in [3.8, 4) is 5.75 Å². The Labute approximate surface area is 230 Å². The van der Waals surface area contributed by atoms with Crippen LogP contribution < -0.4 is 15.1 Å². The molecule has 2 heterocycles. The molecule has 0 saturated heterocycles. The molecular formula is C28H18ClF2N3O6. The summed E-state index contributed by atoms with van der Waals surface area (Å²) in [5.74, 6) is -3.37. The number of pyridine rings is 1. The number of carbonyl (C=O) groups is 3. The van der Waals surface area contributed by atoms with Gasteiger partial charge in [0.15, 0.2) is 5.75 Å². The van der Waals surface area contributed by atoms with Gasteiger partial charge in [-0.15, -0.1) is 4.89 Å². The van der Waals surface area contributed by atoms with Crippen LogP contribution in [0.5, 0.6) is 5.75 Å². The molecule has 0 unspecified atom stereocenters. The molecule has 1 aliphatic rings. The summed E-state index contributed by atoms with van der Waals surface area (Å²) in [5.41, 5.74) is 0.137. The zero-order valence-electron chi connectivity index (χ0n) is 20.5. The fraction of sp³-hybridized carbons (Fsp3) is 0.0714. The summed E-state index contributed by atoms with van der Waals surface area (Å²) in [6.07, 6.45) is -2.24. The van der Waals surface area contributed by atoms with Gasteiger partial charge in [-0.2, -0.15) is 8.78 Å². The number of carboxylic acid groups (broad SMARTS) is 1. The highest BCUT2D eigenvalue weighted by Gasteiger charge is 2.46. The molecule has 4 aromatic rings. The number of anilines is 3. The first-order valence-electron chi connectivity index (χ1n) is 11.6. The molecular weight excluding hydrogens is 548 g/mol. The Balaban J connectivity index is 1.37. The molecule has 0 spiro atoms. The number of alkyl halides is 2. The largest absolute Gasteiger partial charge is 0.478 e. The van der Waals surface area contributed by atoms with Gasteiger partial charge in [0.2, 0.25) is 5.78 Å². The van der Waals surface area contributed by atoms with E-state index in [1.165, 1.54) is 36.5 Å². The number of nitrogens with one attached hydrogen (secondary N) is 1. The predicted octanol–water partition coefficient (Wildman–Crippen LogP) is 6.06. The Kier molecular flexibility index (Phi) is 6.92. The van der Waals surface area contributed by atoms with E-state index in [2.05, 4.69) is 20.1 Å². The molecule has 0 fully saturated rings. The van der Waals surface area contributed by atoms with Crippen LogP contribution in [0.4, 0.5) is 25.8 Å². The van der Waals surface area contributed by atoms with Gasteiger partial charge in [0.25, 0.3) is 5.91 Å². The van der Waals surface area contributed by atoms with Crippen LogP contribution in [0.1, 0.15) is 42.3 Å². The fourth-order valence-electron chi connectivity index (χ4n) is 4.02. The van der Waals surface area contributed by atoms with Gasteiger partial charge in [-0.1, -0.05) is 17.7 Å². The van der Waals surface area contributed by atoms with Crippen molar-refractivity contribution < 1.29 is 38.0 Å². The van der Waals surface area contributed by atoms with Crippen molar-refractivity contribution in [2.75, 3.05) is 17.3 Å². The smallest absolute Gasteiger partial charge is 0.421 e. The Morgan fingerprint density at radius 1 is 0.975 bits per heavy atom. The van der Waals surface area contributed by atoms with Gasteiger partial charge in [-0.05, 0) is 66.7 Å². The number of carboxylic acids is 1. The van der Waals surface area contributed by atoms with E-state index in [-0.39, 0.29) is 22.5 Å². The molecule has 0 atom stereocenters. The standard InChI is InChI=1S/C28H18ClF2N3O6/c1-34(17-8-6-16(29)7-9-17)18-10-12-23(32-14-18)24(35)15-5-11-22(20(13-15)27(37)38)33-26(36)19-3-2-4-21-25(19)39-40-28(21,30)31/h2-14H,1H3,(H,33,36)(H,37,38). The number of amides is 1. The molecule has 9 nitrogen and oxygen atoms in total. The molecule has 1 aromatic heterocycles. The maximum Gasteiger partial charge on any atom is 0.421 e. The average molecular weight is 566 g/mol. The molecule has 0 bridgehead atoms. The fourth-order valence-corrected chi connectivity index (χ4v) is 4.14. The number of fused-ring (bicyclic) bond motifs is 1. The topological polar surface area (TPSA) is 118 Å². The zero-order chi connectivity index (χ0) is 28.6. The molecule has 202 valence electrons. The molecule has 1 aliphatic heterocycles. The van der Waals surface area contributed by atoms with E-state index in [1.807, 2.05) is 24.1 Å². The molecule has 40 heavy (non-hydrogen) atoms. The van der Waals surface area contributed by atoms with Crippen LogP contribution in [0.15, 0.2) is 79.0 Å². The molecule has 2 N–H and O–H groups in total. The zero-order valence-corrected chi connectivity index (χ0v) is 21.3. The SMILES string of the molecule is CN(c1ccc(Cl)cc1)c1ccc(C(=O)c2ccc(NC(=O)c3cccc4c3OOC4(F)F)c(C(=O)O)c2)nc1. The van der Waals surface area contributed by atoms with Crippen molar-refractivity contribution in [3.63, 3.8) is 0 Å². The number of hydrogen-bond donors (Lipinski definition) is 2. The van der Waals surface area contributed by atoms with E-state index in [0.29, 0.717) is 10.7 Å². The first-order valence-corrected chi connectivity index (χ1v) is 12.0. The van der Waals surface area contributed by atoms with Crippen LogP contribution in [-0.2, 0) is 11.0 Å². The van der Waals surface area contributed by atoms with Crippen LogP contribution in [0.3, 0.4) is 0 Å². The van der Waals surface area contributed by atoms with Gasteiger partial charge < -0.3 is 20.2 Å². The number of para-hydroxylation sites is 1. The first kappa shape index (κ1) is 26.7. The van der Waals surface area contributed by atoms with E-state index >= 15 is 0 Å². The highest BCUT2D eigenvalue weighted by atomic mass is 35.5. The lowest BCUT2D eigenvalue weighted by Gasteiger charge is -2.19. The van der Waals surface area contributed by atoms with Gasteiger partial charge >= 0.3 is 12.1 Å². The van der Waals surface area contributed by atoms with Crippen molar-refractivity contribution in [2.45, 2.75) is 6.11 Å². The highest BCUT2D eigenvalue weighted by molar-refractivity contribution is 6.30. The second kappa shape index (κ2) is 10.4. The third kappa shape index (κ3) is 5.07. The minimum Gasteiger partial charge on any atom is -0.478 e. The van der Waals surface area contributed by atoms with Gasteiger partial charge in [0, 0.05) is 23.3 Å². The van der Waals surface area contributed by atoms with Crippen LogP contribution in [0.25, 0.3) is 0 Å². The number of ketones is 1. The lowest BCUT2D eigenvalue weighted by molar-refractivity contribution is -0.376. The second-order valence-corrected chi connectivity index (χ2v) is 9.09. The van der Waals surface area contributed by atoms with E-state index < -0.39 is 40.6 Å². The number of hydrogen-bond acceptors (Lipinski definition) is 7. The summed E-state index contributed by atoms with van der Waals surface area (Å²) < 4.78 is 27.6. The van der Waals surface area contributed by atoms with Crippen molar-refractivity contribution in [1.82, 2.24) is 4.98 Å². The molecule has 5 rings (SSSR count). The summed E-state index contributed by atoms with van der Waals surface area (Å²) in [6.45, 7) is 0. The number of halogens is 3. The van der Waals surface area contributed by atoms with E-state index in [1.54, 1.807) is 18.2 Å². The number of carbonyl (C=O) groups excluding carboxylic acids is 2. The van der Waals surface area contributed by atoms with Crippen LogP contribution in [-0.4, -0.2) is 34.8 Å². The third-order valence-electron chi connectivity index (χ3n) is 6.14. The van der Waals surface area contributed by atoms with Crippen molar-refractivity contribution in [1.29, 1.82) is 0 Å². The molecule has 1 amide bonds. The van der Waals surface area contributed by atoms with Gasteiger partial charge in [-0.3, -0.25) is 14.6 Å². The van der Waals surface area contributed by atoms with Crippen molar-refractivity contribution in [3.05, 3.63) is 112 Å². The van der Waals surface area contributed by atoms with Crippen LogP contribution in [0.2, 0.25) is 5.02 Å². The van der Waals surface area contributed by atoms with Crippen LogP contribution >= 0.6 is 11.6 Å². The minimum absolute atomic E-state index is 0.0127. The Morgan fingerprint density at radius 3 is 2.38 bits per heavy atom. The molecule has 12 heteroatoms. The third-order valence-corrected chi connectivity index (χ3v) is 6.40. The summed E-state index contributed by atoms with van der Waals surface area (Å²) in [7, 11) is 1.82. The summed E-state index contributed by atoms with van der Waals surface area (Å²) in [5, 5.41) is 12.7. The molecule has 0 radical (unpaired) electrons. The van der Waals surface area contributed by atoms with Crippen molar-refractivity contribution >= 4 is 46.3 Å². The lowest BCUT2D eigenvalue weighted by Crippen LogP contribution is -2.16. The number of nitrogens with zero attached hydrogens (tertiary/aromatic N) is 2. The van der Waals surface area contributed by atoms with Gasteiger partial charge in [0.1, 0.15) is 11.3 Å².